The fraction of sp³-hybridized carbons (Fsp3) is 0.263. The number of halogens is 1. The summed E-state index contributed by atoms with van der Waals surface area (Å²) in [6.07, 6.45) is 1.23. The molecule has 0 saturated heterocycles. The molecule has 3 rings (SSSR count). The molecule has 0 aliphatic rings. The lowest BCUT2D eigenvalue weighted by molar-refractivity contribution is -0.115. The molecule has 1 amide bonds. The lowest BCUT2D eigenvalue weighted by Gasteiger charge is -2.10. The van der Waals surface area contributed by atoms with Crippen molar-refractivity contribution in [1.29, 1.82) is 0 Å². The summed E-state index contributed by atoms with van der Waals surface area (Å²) in [6, 6.07) is 7.75. The van der Waals surface area contributed by atoms with Gasteiger partial charge in [0.05, 0.1) is 23.6 Å². The molecule has 0 unspecified atom stereocenters. The predicted octanol–water partition coefficient (Wildman–Crippen LogP) is 5.91. The number of thiazole rings is 1. The van der Waals surface area contributed by atoms with Crippen LogP contribution in [0.3, 0.4) is 0 Å². The van der Waals surface area contributed by atoms with Gasteiger partial charge in [-0.2, -0.15) is 0 Å². The number of amides is 1. The van der Waals surface area contributed by atoms with Crippen molar-refractivity contribution in [3.63, 3.8) is 0 Å². The zero-order valence-corrected chi connectivity index (χ0v) is 17.8. The van der Waals surface area contributed by atoms with Crippen molar-refractivity contribution >= 4 is 50.2 Å². The van der Waals surface area contributed by atoms with Crippen molar-refractivity contribution in [2.24, 2.45) is 0 Å². The maximum absolute atomic E-state index is 12.4. The van der Waals surface area contributed by atoms with E-state index in [2.05, 4.69) is 33.2 Å². The first-order valence-corrected chi connectivity index (χ1v) is 10.8. The van der Waals surface area contributed by atoms with E-state index < -0.39 is 0 Å². The Bertz CT molecular complexity index is 905. The maximum Gasteiger partial charge on any atom is 0.230 e. The molecular formula is C19H19BrN2O2S2. The lowest BCUT2D eigenvalue weighted by Crippen LogP contribution is -2.15. The second kappa shape index (κ2) is 8.79. The van der Waals surface area contributed by atoms with Crippen LogP contribution in [0.2, 0.25) is 0 Å². The molecule has 0 atom stereocenters. The van der Waals surface area contributed by atoms with Gasteiger partial charge in [-0.05, 0) is 59.1 Å². The third kappa shape index (κ3) is 4.93. The van der Waals surface area contributed by atoms with Gasteiger partial charge in [0.2, 0.25) is 5.91 Å². The van der Waals surface area contributed by atoms with Crippen LogP contribution >= 0.6 is 38.6 Å². The smallest absolute Gasteiger partial charge is 0.230 e. The number of nitrogens with zero attached hydrogens (tertiary/aromatic N) is 1. The van der Waals surface area contributed by atoms with Gasteiger partial charge in [-0.25, -0.2) is 4.98 Å². The van der Waals surface area contributed by atoms with Crippen molar-refractivity contribution in [3.05, 3.63) is 50.8 Å². The van der Waals surface area contributed by atoms with Crippen molar-refractivity contribution in [1.82, 2.24) is 4.98 Å². The molecule has 2 heterocycles. The molecule has 0 bridgehead atoms. The number of carbonyl (C=O) groups is 1. The van der Waals surface area contributed by atoms with Crippen LogP contribution in [0.5, 0.6) is 5.75 Å². The maximum atomic E-state index is 12.4. The summed E-state index contributed by atoms with van der Waals surface area (Å²) in [4.78, 5) is 18.0. The first kappa shape index (κ1) is 19.1. The van der Waals surface area contributed by atoms with Crippen LogP contribution in [0, 0.1) is 6.92 Å². The third-order valence-electron chi connectivity index (χ3n) is 3.62. The summed E-state index contributed by atoms with van der Waals surface area (Å²) in [5, 5.41) is 7.87. The minimum Gasteiger partial charge on any atom is -0.494 e. The summed E-state index contributed by atoms with van der Waals surface area (Å²) in [5.41, 5.74) is 2.57. The number of nitrogens with one attached hydrogen (secondary N) is 1. The van der Waals surface area contributed by atoms with Gasteiger partial charge in [-0.1, -0.05) is 6.92 Å². The Hall–Kier alpha value is -1.70. The second-order valence-corrected chi connectivity index (χ2v) is 8.51. The Morgan fingerprint density at radius 1 is 1.27 bits per heavy atom. The highest BCUT2D eigenvalue weighted by molar-refractivity contribution is 9.10. The number of aryl methyl sites for hydroxylation is 1. The number of thiophene rings is 1. The lowest BCUT2D eigenvalue weighted by atomic mass is 10.2. The molecule has 2 aromatic heterocycles. The zero-order valence-electron chi connectivity index (χ0n) is 14.5. The molecule has 4 nitrogen and oxygen atoms in total. The minimum atomic E-state index is -0.0699. The number of carbonyl (C=O) groups excluding carboxylic acids is 1. The Balaban J connectivity index is 1.61. The summed E-state index contributed by atoms with van der Waals surface area (Å²) < 4.78 is 6.66. The number of ether oxygens (including phenoxy) is 1. The van der Waals surface area contributed by atoms with Crippen LogP contribution in [0.1, 0.15) is 24.6 Å². The van der Waals surface area contributed by atoms with E-state index in [0.29, 0.717) is 6.61 Å². The quantitative estimate of drug-likeness (QED) is 0.486. The SMILES string of the molecule is CCCOc1ccc(NC(=O)Cc2csc(-c3cc(Br)cs3)n2)c(C)c1. The van der Waals surface area contributed by atoms with Crippen molar-refractivity contribution in [3.8, 4) is 15.6 Å². The molecule has 0 radical (unpaired) electrons. The predicted molar refractivity (Wildman–Crippen MR) is 112 cm³/mol. The minimum absolute atomic E-state index is 0.0699. The molecule has 0 aliphatic heterocycles. The fourth-order valence-corrected chi connectivity index (χ4v) is 4.70. The molecule has 0 saturated carbocycles. The van der Waals surface area contributed by atoms with E-state index in [4.69, 9.17) is 4.74 Å². The molecule has 0 aliphatic carbocycles. The molecule has 3 aromatic rings. The molecule has 1 aromatic carbocycles. The van der Waals surface area contributed by atoms with E-state index in [1.54, 1.807) is 22.7 Å². The number of rotatable bonds is 7. The number of aromatic nitrogens is 1. The van der Waals surface area contributed by atoms with Crippen molar-refractivity contribution in [2.45, 2.75) is 26.7 Å². The van der Waals surface area contributed by atoms with Gasteiger partial charge >= 0.3 is 0 Å². The molecule has 1 N–H and O–H groups in total. The van der Waals surface area contributed by atoms with Crippen molar-refractivity contribution < 1.29 is 9.53 Å². The average molecular weight is 451 g/mol. The number of hydrogen-bond donors (Lipinski definition) is 1. The average Bonchev–Trinajstić information content (AvgIpc) is 3.24. The second-order valence-electron chi connectivity index (χ2n) is 5.82. The van der Waals surface area contributed by atoms with Gasteiger partial charge in [0.15, 0.2) is 0 Å². The van der Waals surface area contributed by atoms with E-state index in [-0.39, 0.29) is 12.3 Å². The summed E-state index contributed by atoms with van der Waals surface area (Å²) in [7, 11) is 0. The highest BCUT2D eigenvalue weighted by Crippen LogP contribution is 2.32. The van der Waals surface area contributed by atoms with Crippen molar-refractivity contribution in [2.75, 3.05) is 11.9 Å². The summed E-state index contributed by atoms with van der Waals surface area (Å²) in [5.74, 6) is 0.758. The van der Waals surface area contributed by atoms with Crippen LogP contribution in [-0.2, 0) is 11.2 Å². The van der Waals surface area contributed by atoms with Gasteiger partial charge in [0.25, 0.3) is 0 Å². The number of hydrogen-bond acceptors (Lipinski definition) is 5. The van der Waals surface area contributed by atoms with Crippen LogP contribution < -0.4 is 10.1 Å². The molecule has 0 fully saturated rings. The third-order valence-corrected chi connectivity index (χ3v) is 6.37. The largest absolute Gasteiger partial charge is 0.494 e. The van der Waals surface area contributed by atoms with Gasteiger partial charge in [-0.15, -0.1) is 22.7 Å². The summed E-state index contributed by atoms with van der Waals surface area (Å²) in [6.45, 7) is 4.73. The number of anilines is 1. The Morgan fingerprint density at radius 2 is 2.12 bits per heavy atom. The van der Waals surface area contributed by atoms with E-state index >= 15 is 0 Å². The first-order valence-electron chi connectivity index (χ1n) is 8.27. The van der Waals surface area contributed by atoms with Crippen LogP contribution in [-0.4, -0.2) is 17.5 Å². The van der Waals surface area contributed by atoms with Crippen LogP contribution in [0.15, 0.2) is 39.5 Å². The fourth-order valence-electron chi connectivity index (χ4n) is 2.37. The first-order chi connectivity index (χ1) is 12.5. The highest BCUT2D eigenvalue weighted by Gasteiger charge is 2.12. The summed E-state index contributed by atoms with van der Waals surface area (Å²) >= 11 is 6.65. The standard InChI is InChI=1S/C19H19BrN2O2S2/c1-3-6-24-15-4-5-16(12(2)7-15)22-18(23)9-14-11-26-19(21-14)17-8-13(20)10-25-17/h4-5,7-8,10-11H,3,6,9H2,1-2H3,(H,22,23). The van der Waals surface area contributed by atoms with Gasteiger partial charge < -0.3 is 10.1 Å². The highest BCUT2D eigenvalue weighted by atomic mass is 79.9. The topological polar surface area (TPSA) is 51.2 Å². The van der Waals surface area contributed by atoms with Crippen LogP contribution in [0.25, 0.3) is 9.88 Å². The van der Waals surface area contributed by atoms with E-state index in [1.165, 1.54) is 0 Å². The Morgan fingerprint density at radius 3 is 2.81 bits per heavy atom. The van der Waals surface area contributed by atoms with E-state index in [9.17, 15) is 4.79 Å². The van der Waals surface area contributed by atoms with Gasteiger partial charge in [0.1, 0.15) is 10.8 Å². The van der Waals surface area contributed by atoms with E-state index in [1.807, 2.05) is 41.9 Å². The molecule has 26 heavy (non-hydrogen) atoms. The molecular weight excluding hydrogens is 432 g/mol. The molecule has 7 heteroatoms. The molecule has 136 valence electrons. The van der Waals surface area contributed by atoms with Crippen LogP contribution in [0.4, 0.5) is 5.69 Å². The van der Waals surface area contributed by atoms with Gasteiger partial charge in [0, 0.05) is 20.9 Å². The van der Waals surface area contributed by atoms with Gasteiger partial charge in [-0.3, -0.25) is 4.79 Å². The molecule has 0 spiro atoms. The Kier molecular flexibility index (Phi) is 6.45. The normalized spacial score (nSPS) is 10.7. The van der Waals surface area contributed by atoms with E-state index in [0.717, 1.165) is 43.5 Å². The zero-order chi connectivity index (χ0) is 18.5. The number of benzene rings is 1. The Labute approximate surface area is 169 Å². The monoisotopic (exact) mass is 450 g/mol.